The van der Waals surface area contributed by atoms with Crippen LogP contribution in [0, 0.1) is 11.6 Å². The summed E-state index contributed by atoms with van der Waals surface area (Å²) in [4.78, 5) is 10.4. The van der Waals surface area contributed by atoms with Crippen LogP contribution in [0.2, 0.25) is 0 Å². The molecule has 1 aromatic rings. The van der Waals surface area contributed by atoms with E-state index in [1.165, 1.54) is 0 Å². The summed E-state index contributed by atoms with van der Waals surface area (Å²) in [7, 11) is 0. The molecule has 0 aliphatic rings. The van der Waals surface area contributed by atoms with E-state index < -0.39 is 23.2 Å². The van der Waals surface area contributed by atoms with E-state index in [1.807, 2.05) is 6.92 Å². The molecule has 0 saturated heterocycles. The number of benzene rings is 1. The fourth-order valence-corrected chi connectivity index (χ4v) is 1.26. The Morgan fingerprint density at radius 3 is 2.21 bits per heavy atom. The number of hydrogen-bond donors (Lipinski definition) is 1. The van der Waals surface area contributed by atoms with E-state index in [-0.39, 0.29) is 0 Å². The predicted octanol–water partition coefficient (Wildman–Crippen LogP) is 2.62. The number of carboxylic acid groups (broad SMARTS) is 1. The number of aromatic carboxylic acids is 1. The van der Waals surface area contributed by atoms with Crippen LogP contribution in [0.5, 0.6) is 0 Å². The van der Waals surface area contributed by atoms with Crippen molar-refractivity contribution < 1.29 is 18.7 Å². The van der Waals surface area contributed by atoms with E-state index in [4.69, 9.17) is 5.11 Å². The molecular weight excluding hydrogens is 190 g/mol. The largest absolute Gasteiger partial charge is 0.477 e. The Kier molecular flexibility index (Phi) is 3.17. The van der Waals surface area contributed by atoms with E-state index in [1.54, 1.807) is 0 Å². The minimum absolute atomic E-state index is 0.479. The first-order valence-corrected chi connectivity index (χ1v) is 4.27. The van der Waals surface area contributed by atoms with E-state index in [0.717, 1.165) is 18.6 Å². The van der Waals surface area contributed by atoms with Gasteiger partial charge in [-0.3, -0.25) is 0 Å². The molecular formula is C10H10F2O2. The summed E-state index contributed by atoms with van der Waals surface area (Å²) in [5.41, 5.74) is -0.405. The number of carbonyl (C=O) groups is 1. The minimum Gasteiger partial charge on any atom is -0.477 e. The Bertz CT molecular complexity index is 338. The second-order valence-corrected chi connectivity index (χ2v) is 2.99. The van der Waals surface area contributed by atoms with Crippen molar-refractivity contribution >= 4 is 5.97 Å². The molecule has 1 N–H and O–H groups in total. The van der Waals surface area contributed by atoms with Gasteiger partial charge in [0, 0.05) is 0 Å². The fraction of sp³-hybridized carbons (Fsp3) is 0.300. The smallest absolute Gasteiger partial charge is 0.341 e. The molecule has 0 amide bonds. The van der Waals surface area contributed by atoms with Crippen molar-refractivity contribution in [3.8, 4) is 0 Å². The van der Waals surface area contributed by atoms with Crippen molar-refractivity contribution in [3.05, 3.63) is 34.9 Å². The third-order valence-electron chi connectivity index (χ3n) is 1.85. The summed E-state index contributed by atoms with van der Waals surface area (Å²) in [5.74, 6) is -3.61. The van der Waals surface area contributed by atoms with Gasteiger partial charge in [-0.2, -0.15) is 0 Å². The first-order valence-electron chi connectivity index (χ1n) is 4.27. The van der Waals surface area contributed by atoms with Crippen molar-refractivity contribution in [2.45, 2.75) is 19.8 Å². The van der Waals surface area contributed by atoms with Crippen molar-refractivity contribution in [2.75, 3.05) is 0 Å². The Balaban J connectivity index is 3.18. The molecule has 1 rings (SSSR count). The van der Waals surface area contributed by atoms with Gasteiger partial charge in [-0.1, -0.05) is 13.3 Å². The monoisotopic (exact) mass is 200 g/mol. The molecule has 0 atom stereocenters. The van der Waals surface area contributed by atoms with Gasteiger partial charge in [0.15, 0.2) is 0 Å². The molecule has 2 nitrogen and oxygen atoms in total. The second kappa shape index (κ2) is 4.17. The molecule has 0 aromatic heterocycles. The van der Waals surface area contributed by atoms with Crippen LogP contribution in [0.3, 0.4) is 0 Å². The first kappa shape index (κ1) is 10.6. The summed E-state index contributed by atoms with van der Waals surface area (Å²) in [6, 6.07) is 2.13. The maximum absolute atomic E-state index is 13.1. The fourth-order valence-electron chi connectivity index (χ4n) is 1.26. The van der Waals surface area contributed by atoms with Crippen LogP contribution in [0.25, 0.3) is 0 Å². The lowest BCUT2D eigenvalue weighted by molar-refractivity contribution is 0.0686. The summed E-state index contributed by atoms with van der Waals surface area (Å²) >= 11 is 0. The molecule has 0 saturated carbocycles. The molecule has 0 heterocycles. The summed E-state index contributed by atoms with van der Waals surface area (Å²) < 4.78 is 26.1. The van der Waals surface area contributed by atoms with Crippen LogP contribution in [0.4, 0.5) is 8.78 Å². The number of hydrogen-bond acceptors (Lipinski definition) is 1. The molecule has 76 valence electrons. The van der Waals surface area contributed by atoms with Crippen molar-refractivity contribution in [2.24, 2.45) is 0 Å². The molecule has 0 spiro atoms. The second-order valence-electron chi connectivity index (χ2n) is 2.99. The summed E-state index contributed by atoms with van der Waals surface area (Å²) in [6.45, 7) is 1.88. The van der Waals surface area contributed by atoms with Crippen LogP contribution in [-0.4, -0.2) is 11.1 Å². The van der Waals surface area contributed by atoms with E-state index in [0.29, 0.717) is 12.0 Å². The highest BCUT2D eigenvalue weighted by molar-refractivity contribution is 5.88. The molecule has 1 aromatic carbocycles. The standard InChI is InChI=1S/C10H10F2O2/c1-2-3-6-4-7(11)9(10(13)14)8(12)5-6/h4-5H,2-3H2,1H3,(H,13,14). The van der Waals surface area contributed by atoms with Crippen molar-refractivity contribution in [1.29, 1.82) is 0 Å². The predicted molar refractivity (Wildman–Crippen MR) is 47.3 cm³/mol. The minimum atomic E-state index is -1.58. The average Bonchev–Trinajstić information content (AvgIpc) is 2.01. The van der Waals surface area contributed by atoms with Crippen molar-refractivity contribution in [1.82, 2.24) is 0 Å². The third kappa shape index (κ3) is 2.07. The SMILES string of the molecule is CCCc1cc(F)c(C(=O)O)c(F)c1. The van der Waals surface area contributed by atoms with Crippen LogP contribution in [-0.2, 0) is 6.42 Å². The van der Waals surface area contributed by atoms with Crippen LogP contribution < -0.4 is 0 Å². The normalized spacial score (nSPS) is 10.2. The maximum Gasteiger partial charge on any atom is 0.341 e. The molecule has 4 heteroatoms. The zero-order valence-corrected chi connectivity index (χ0v) is 7.68. The highest BCUT2D eigenvalue weighted by Crippen LogP contribution is 2.16. The number of halogens is 2. The lowest BCUT2D eigenvalue weighted by Crippen LogP contribution is -2.05. The van der Waals surface area contributed by atoms with Gasteiger partial charge in [-0.25, -0.2) is 13.6 Å². The maximum atomic E-state index is 13.1. The Morgan fingerprint density at radius 2 is 1.86 bits per heavy atom. The first-order chi connectivity index (χ1) is 6.56. The molecule has 14 heavy (non-hydrogen) atoms. The Hall–Kier alpha value is -1.45. The molecule has 0 aliphatic carbocycles. The quantitative estimate of drug-likeness (QED) is 0.814. The van der Waals surface area contributed by atoms with E-state index >= 15 is 0 Å². The zero-order valence-electron chi connectivity index (χ0n) is 7.68. The Morgan fingerprint density at radius 1 is 1.36 bits per heavy atom. The number of rotatable bonds is 3. The number of carboxylic acids is 1. The molecule has 0 fully saturated rings. The van der Waals surface area contributed by atoms with Crippen molar-refractivity contribution in [3.63, 3.8) is 0 Å². The molecule has 0 bridgehead atoms. The van der Waals surface area contributed by atoms with Gasteiger partial charge in [0.25, 0.3) is 0 Å². The van der Waals surface area contributed by atoms with Gasteiger partial charge < -0.3 is 5.11 Å². The lowest BCUT2D eigenvalue weighted by atomic mass is 10.1. The third-order valence-corrected chi connectivity index (χ3v) is 1.85. The van der Waals surface area contributed by atoms with Gasteiger partial charge in [0.1, 0.15) is 17.2 Å². The Labute approximate surface area is 80.2 Å². The van der Waals surface area contributed by atoms with Gasteiger partial charge in [-0.15, -0.1) is 0 Å². The summed E-state index contributed by atoms with van der Waals surface area (Å²) in [6.07, 6.45) is 1.29. The van der Waals surface area contributed by atoms with Crippen LogP contribution in [0.1, 0.15) is 29.3 Å². The highest BCUT2D eigenvalue weighted by Gasteiger charge is 2.17. The van der Waals surface area contributed by atoms with Gasteiger partial charge >= 0.3 is 5.97 Å². The highest BCUT2D eigenvalue weighted by atomic mass is 19.1. The van der Waals surface area contributed by atoms with Gasteiger partial charge in [0.2, 0.25) is 0 Å². The van der Waals surface area contributed by atoms with Gasteiger partial charge in [0.05, 0.1) is 0 Å². The molecule has 0 unspecified atom stereocenters. The van der Waals surface area contributed by atoms with E-state index in [9.17, 15) is 13.6 Å². The van der Waals surface area contributed by atoms with Crippen LogP contribution in [0.15, 0.2) is 12.1 Å². The number of aryl methyl sites for hydroxylation is 1. The topological polar surface area (TPSA) is 37.3 Å². The molecule has 0 aliphatic heterocycles. The average molecular weight is 200 g/mol. The zero-order chi connectivity index (χ0) is 10.7. The van der Waals surface area contributed by atoms with E-state index in [2.05, 4.69) is 0 Å². The van der Waals surface area contributed by atoms with Gasteiger partial charge in [-0.05, 0) is 24.1 Å². The lowest BCUT2D eigenvalue weighted by Gasteiger charge is -2.03. The summed E-state index contributed by atoms with van der Waals surface area (Å²) in [5, 5.41) is 8.49. The molecule has 0 radical (unpaired) electrons. The van der Waals surface area contributed by atoms with Crippen LogP contribution >= 0.6 is 0 Å².